The predicted molar refractivity (Wildman–Crippen MR) is 40.1 cm³/mol. The van der Waals surface area contributed by atoms with Crippen LogP contribution in [0, 0.1) is 11.3 Å². The third-order valence-electron chi connectivity index (χ3n) is 2.47. The highest BCUT2D eigenvalue weighted by Crippen LogP contribution is 2.30. The predicted octanol–water partition coefficient (Wildman–Crippen LogP) is -0.100. The Hall–Kier alpha value is -1.08. The van der Waals surface area contributed by atoms with Crippen molar-refractivity contribution in [3.8, 4) is 6.07 Å². The topological polar surface area (TPSA) is 53.3 Å². The molecule has 12 heavy (non-hydrogen) atoms. The van der Waals surface area contributed by atoms with Crippen LogP contribution in [0.2, 0.25) is 0 Å². The highest BCUT2D eigenvalue weighted by atomic mass is 16.5. The first-order valence-corrected chi connectivity index (χ1v) is 4.09. The van der Waals surface area contributed by atoms with Crippen LogP contribution in [-0.4, -0.2) is 36.1 Å². The molecule has 3 fully saturated rings. The summed E-state index contributed by atoms with van der Waals surface area (Å²) in [5.74, 6) is -0.0398. The van der Waals surface area contributed by atoms with E-state index in [9.17, 15) is 4.79 Å². The maximum atomic E-state index is 11.3. The van der Waals surface area contributed by atoms with E-state index < -0.39 is 0 Å². The summed E-state index contributed by atoms with van der Waals surface area (Å²) in [5, 5.41) is 8.34. The van der Waals surface area contributed by atoms with Crippen LogP contribution in [0.5, 0.6) is 0 Å². The summed E-state index contributed by atoms with van der Waals surface area (Å²) in [6, 6.07) is 2.38. The quantitative estimate of drug-likeness (QED) is 0.546. The van der Waals surface area contributed by atoms with Gasteiger partial charge in [-0.15, -0.1) is 0 Å². The van der Waals surface area contributed by atoms with E-state index >= 15 is 0 Å². The van der Waals surface area contributed by atoms with Crippen molar-refractivity contribution in [1.29, 1.82) is 5.26 Å². The van der Waals surface area contributed by atoms with E-state index in [-0.39, 0.29) is 24.4 Å². The summed E-state index contributed by atoms with van der Waals surface area (Å²) in [4.78, 5) is 13.1. The Balaban J connectivity index is 1.98. The molecule has 0 spiro atoms. The fourth-order valence-electron chi connectivity index (χ4n) is 1.90. The second-order valence-electron chi connectivity index (χ2n) is 3.22. The highest BCUT2D eigenvalue weighted by molar-refractivity contribution is 5.80. The fourth-order valence-corrected chi connectivity index (χ4v) is 1.90. The largest absolute Gasteiger partial charge is 0.377 e. The molecule has 3 aliphatic heterocycles. The Kier molecular flexibility index (Phi) is 1.74. The van der Waals surface area contributed by atoms with Crippen molar-refractivity contribution < 1.29 is 9.53 Å². The van der Waals surface area contributed by atoms with E-state index in [0.29, 0.717) is 13.2 Å². The minimum Gasteiger partial charge on any atom is -0.377 e. The number of carbonyl (C=O) groups excluding carboxylic acids is 1. The van der Waals surface area contributed by atoms with Gasteiger partial charge in [0.05, 0.1) is 31.4 Å². The molecule has 4 nitrogen and oxygen atoms in total. The Morgan fingerprint density at radius 3 is 2.75 bits per heavy atom. The number of hydrogen-bond donors (Lipinski definition) is 0. The first-order chi connectivity index (χ1) is 5.83. The van der Waals surface area contributed by atoms with Gasteiger partial charge in [0.2, 0.25) is 5.91 Å². The Morgan fingerprint density at radius 2 is 2.25 bits per heavy atom. The van der Waals surface area contributed by atoms with E-state index in [1.165, 1.54) is 0 Å². The van der Waals surface area contributed by atoms with E-state index in [4.69, 9.17) is 10.00 Å². The molecule has 0 radical (unpaired) electrons. The van der Waals surface area contributed by atoms with Crippen molar-refractivity contribution in [2.45, 2.75) is 24.9 Å². The van der Waals surface area contributed by atoms with Crippen molar-refractivity contribution in [2.75, 3.05) is 13.2 Å². The molecule has 0 aromatic heterocycles. The molecule has 3 heterocycles. The average molecular weight is 166 g/mol. The lowest BCUT2D eigenvalue weighted by Gasteiger charge is -2.52. The summed E-state index contributed by atoms with van der Waals surface area (Å²) in [5.41, 5.74) is 0. The molecule has 0 saturated carbocycles. The first-order valence-electron chi connectivity index (χ1n) is 4.09. The molecule has 1 amide bonds. The van der Waals surface area contributed by atoms with Gasteiger partial charge in [0, 0.05) is 0 Å². The molecule has 2 atom stereocenters. The Bertz CT molecular complexity index is 232. The molecule has 3 rings (SSSR count). The lowest BCUT2D eigenvalue weighted by Crippen LogP contribution is -2.65. The van der Waals surface area contributed by atoms with Crippen LogP contribution >= 0.6 is 0 Å². The van der Waals surface area contributed by atoms with Gasteiger partial charge in [0.1, 0.15) is 6.42 Å². The lowest BCUT2D eigenvalue weighted by atomic mass is 9.91. The van der Waals surface area contributed by atoms with Crippen LogP contribution in [0.4, 0.5) is 0 Å². The zero-order valence-corrected chi connectivity index (χ0v) is 6.69. The van der Waals surface area contributed by atoms with Crippen molar-refractivity contribution in [2.24, 2.45) is 0 Å². The van der Waals surface area contributed by atoms with Crippen LogP contribution in [0.3, 0.4) is 0 Å². The Labute approximate surface area is 70.7 Å². The van der Waals surface area contributed by atoms with Gasteiger partial charge < -0.3 is 9.64 Å². The van der Waals surface area contributed by atoms with Crippen molar-refractivity contribution in [3.63, 3.8) is 0 Å². The highest BCUT2D eigenvalue weighted by Gasteiger charge is 2.44. The number of nitrogens with zero attached hydrogens (tertiary/aromatic N) is 2. The van der Waals surface area contributed by atoms with Gasteiger partial charge in [-0.1, -0.05) is 0 Å². The third kappa shape index (κ3) is 0.978. The minimum absolute atomic E-state index is 0.00694. The summed E-state index contributed by atoms with van der Waals surface area (Å²) >= 11 is 0. The number of ether oxygens (including phenoxy) is 1. The van der Waals surface area contributed by atoms with Crippen LogP contribution in [0.25, 0.3) is 0 Å². The molecular formula is C8H10N2O2. The second kappa shape index (κ2) is 2.76. The summed E-state index contributed by atoms with van der Waals surface area (Å²) in [6.45, 7) is 1.29. The normalized spacial score (nSPS) is 32.1. The molecule has 2 bridgehead atoms. The molecule has 4 heteroatoms. The first kappa shape index (κ1) is 7.56. The van der Waals surface area contributed by atoms with Gasteiger partial charge in [-0.25, -0.2) is 0 Å². The lowest BCUT2D eigenvalue weighted by molar-refractivity contribution is -0.166. The summed E-state index contributed by atoms with van der Waals surface area (Å²) in [6.07, 6.45) is 1.06. The molecule has 0 aromatic carbocycles. The number of rotatable bonds is 1. The maximum Gasteiger partial charge on any atom is 0.237 e. The second-order valence-corrected chi connectivity index (χ2v) is 3.22. The van der Waals surface area contributed by atoms with Gasteiger partial charge >= 0.3 is 0 Å². The van der Waals surface area contributed by atoms with Gasteiger partial charge in [-0.2, -0.15) is 5.26 Å². The van der Waals surface area contributed by atoms with Crippen molar-refractivity contribution in [3.05, 3.63) is 0 Å². The van der Waals surface area contributed by atoms with Crippen LogP contribution in [0.15, 0.2) is 0 Å². The average Bonchev–Trinajstić information content (AvgIpc) is 2.05. The molecule has 0 aliphatic carbocycles. The van der Waals surface area contributed by atoms with Crippen molar-refractivity contribution >= 4 is 5.91 Å². The van der Waals surface area contributed by atoms with Crippen LogP contribution in [0.1, 0.15) is 12.8 Å². The molecular weight excluding hydrogens is 156 g/mol. The minimum atomic E-state index is -0.0398. The molecule has 3 saturated heterocycles. The standard InChI is InChI=1S/C8H10N2O2/c9-2-1-8(11)10-6-3-7(10)5-12-4-6/h6-7H,1,3-5H2/t6-,7-/m1/s1. The maximum absolute atomic E-state index is 11.3. The number of hydrogen-bond acceptors (Lipinski definition) is 3. The van der Waals surface area contributed by atoms with Gasteiger partial charge in [-0.05, 0) is 6.42 Å². The van der Waals surface area contributed by atoms with E-state index in [2.05, 4.69) is 0 Å². The van der Waals surface area contributed by atoms with Gasteiger partial charge in [-0.3, -0.25) is 4.79 Å². The number of nitriles is 1. The summed E-state index contributed by atoms with van der Waals surface area (Å²) in [7, 11) is 0. The zero-order chi connectivity index (χ0) is 8.55. The number of carbonyl (C=O) groups is 1. The monoisotopic (exact) mass is 166 g/mol. The SMILES string of the molecule is N#CCC(=O)N1[C@H]2COC[C@H]1C2. The number of fused-ring (bicyclic) bond motifs is 2. The van der Waals surface area contributed by atoms with E-state index in [1.807, 2.05) is 6.07 Å². The van der Waals surface area contributed by atoms with E-state index in [0.717, 1.165) is 6.42 Å². The van der Waals surface area contributed by atoms with Crippen LogP contribution < -0.4 is 0 Å². The number of amides is 1. The van der Waals surface area contributed by atoms with E-state index in [1.54, 1.807) is 4.90 Å². The van der Waals surface area contributed by atoms with Crippen molar-refractivity contribution in [1.82, 2.24) is 4.90 Å². The smallest absolute Gasteiger partial charge is 0.237 e. The van der Waals surface area contributed by atoms with Gasteiger partial charge in [0.15, 0.2) is 0 Å². The summed E-state index contributed by atoms with van der Waals surface area (Å²) < 4.78 is 5.21. The van der Waals surface area contributed by atoms with Gasteiger partial charge in [0.25, 0.3) is 0 Å². The molecule has 64 valence electrons. The zero-order valence-electron chi connectivity index (χ0n) is 6.69. The number of morpholine rings is 1. The molecule has 0 N–H and O–H groups in total. The fraction of sp³-hybridized carbons (Fsp3) is 0.750. The molecule has 3 aliphatic rings. The third-order valence-corrected chi connectivity index (χ3v) is 2.47. The molecule has 0 aromatic rings. The molecule has 0 unspecified atom stereocenters. The van der Waals surface area contributed by atoms with Crippen LogP contribution in [-0.2, 0) is 9.53 Å². The Morgan fingerprint density at radius 1 is 1.58 bits per heavy atom.